The van der Waals surface area contributed by atoms with Gasteiger partial charge in [-0.05, 0) is 74.5 Å². The number of hydrogen-bond acceptors (Lipinski definition) is 5. The minimum atomic E-state index is -0.378. The molecule has 28 heavy (non-hydrogen) atoms. The van der Waals surface area contributed by atoms with E-state index in [-0.39, 0.29) is 23.2 Å². The van der Waals surface area contributed by atoms with Crippen molar-refractivity contribution in [1.29, 1.82) is 0 Å². The maximum absolute atomic E-state index is 12.4. The quantitative estimate of drug-likeness (QED) is 0.719. The molecule has 2 N–H and O–H groups in total. The molecule has 0 unspecified atom stereocenters. The number of amides is 3. The van der Waals surface area contributed by atoms with Gasteiger partial charge in [0.05, 0.1) is 5.75 Å². The number of carbonyl (C=O) groups excluding carboxylic acids is 2. The summed E-state index contributed by atoms with van der Waals surface area (Å²) in [6, 6.07) is 4.80. The van der Waals surface area contributed by atoms with Crippen molar-refractivity contribution in [2.45, 2.75) is 49.3 Å². The molecular weight excluding hydrogens is 398 g/mol. The first kappa shape index (κ1) is 18.3. The van der Waals surface area contributed by atoms with Gasteiger partial charge in [0.25, 0.3) is 5.22 Å². The van der Waals surface area contributed by atoms with Crippen molar-refractivity contribution in [3.05, 3.63) is 23.2 Å². The maximum Gasteiger partial charge on any atom is 0.321 e. The molecule has 4 bridgehead atoms. The van der Waals surface area contributed by atoms with E-state index in [4.69, 9.17) is 16.0 Å². The van der Waals surface area contributed by atoms with Crippen LogP contribution in [0.15, 0.2) is 27.8 Å². The van der Waals surface area contributed by atoms with E-state index in [0.29, 0.717) is 21.3 Å². The van der Waals surface area contributed by atoms with E-state index in [2.05, 4.69) is 15.6 Å². The first-order valence-electron chi connectivity index (χ1n) is 9.77. The van der Waals surface area contributed by atoms with Gasteiger partial charge in [-0.15, -0.1) is 0 Å². The highest BCUT2D eigenvalue weighted by Gasteiger charge is 2.51. The van der Waals surface area contributed by atoms with Crippen LogP contribution in [-0.2, 0) is 4.79 Å². The molecule has 4 aliphatic carbocycles. The molecule has 0 aliphatic heterocycles. The molecule has 0 radical (unpaired) electrons. The second-order valence-electron chi connectivity index (χ2n) is 8.58. The zero-order valence-electron chi connectivity index (χ0n) is 15.4. The Morgan fingerprint density at radius 3 is 2.54 bits per heavy atom. The Kier molecular flexibility index (Phi) is 4.55. The van der Waals surface area contributed by atoms with Gasteiger partial charge in [-0.3, -0.25) is 10.1 Å². The van der Waals surface area contributed by atoms with Gasteiger partial charge in [0.15, 0.2) is 5.58 Å². The second-order valence-corrected chi connectivity index (χ2v) is 9.94. The van der Waals surface area contributed by atoms with Crippen LogP contribution in [0.1, 0.15) is 38.5 Å². The Bertz CT molecular complexity index is 909. The topological polar surface area (TPSA) is 84.2 Å². The molecule has 148 valence electrons. The van der Waals surface area contributed by atoms with Gasteiger partial charge in [-0.25, -0.2) is 9.78 Å². The van der Waals surface area contributed by atoms with Crippen molar-refractivity contribution in [3.8, 4) is 0 Å². The van der Waals surface area contributed by atoms with E-state index in [1.165, 1.54) is 19.3 Å². The number of benzene rings is 1. The molecule has 4 aliphatic rings. The first-order valence-corrected chi connectivity index (χ1v) is 11.1. The van der Waals surface area contributed by atoms with Crippen molar-refractivity contribution in [3.63, 3.8) is 0 Å². The van der Waals surface area contributed by atoms with Crippen LogP contribution in [0, 0.1) is 17.8 Å². The average Bonchev–Trinajstić information content (AvgIpc) is 3.00. The summed E-state index contributed by atoms with van der Waals surface area (Å²) in [4.78, 5) is 28.9. The summed E-state index contributed by atoms with van der Waals surface area (Å²) in [5.74, 6) is 1.93. The Balaban J connectivity index is 1.15. The van der Waals surface area contributed by atoms with Crippen LogP contribution in [0.25, 0.3) is 11.1 Å². The van der Waals surface area contributed by atoms with Gasteiger partial charge >= 0.3 is 6.03 Å². The number of nitrogens with one attached hydrogen (secondary N) is 2. The molecule has 6 rings (SSSR count). The van der Waals surface area contributed by atoms with Crippen LogP contribution in [-0.4, -0.2) is 28.2 Å². The molecular formula is C20H22ClN3O3S. The SMILES string of the molecule is O=C(CSc1nc2cc(Cl)ccc2o1)NC(=O)NC12CC3CC(CC(C3)C1)C2. The van der Waals surface area contributed by atoms with Crippen LogP contribution in [0.4, 0.5) is 4.79 Å². The Hall–Kier alpha value is -1.73. The van der Waals surface area contributed by atoms with E-state index >= 15 is 0 Å². The zero-order chi connectivity index (χ0) is 19.3. The number of oxazole rings is 1. The summed E-state index contributed by atoms with van der Waals surface area (Å²) in [5.41, 5.74) is 1.16. The van der Waals surface area contributed by atoms with Crippen molar-refractivity contribution in [2.75, 3.05) is 5.75 Å². The van der Waals surface area contributed by atoms with Crippen molar-refractivity contribution in [2.24, 2.45) is 17.8 Å². The van der Waals surface area contributed by atoms with Crippen molar-refractivity contribution >= 4 is 46.4 Å². The van der Waals surface area contributed by atoms with Crippen LogP contribution < -0.4 is 10.6 Å². The number of halogens is 1. The third-order valence-electron chi connectivity index (χ3n) is 6.33. The Labute approximate surface area is 172 Å². The van der Waals surface area contributed by atoms with E-state index in [1.54, 1.807) is 18.2 Å². The molecule has 1 aromatic carbocycles. The van der Waals surface area contributed by atoms with Gasteiger partial charge in [0.1, 0.15) is 5.52 Å². The predicted octanol–water partition coefficient (Wildman–Crippen LogP) is 4.37. The summed E-state index contributed by atoms with van der Waals surface area (Å²) in [6.07, 6.45) is 7.11. The molecule has 4 saturated carbocycles. The highest BCUT2D eigenvalue weighted by atomic mass is 35.5. The van der Waals surface area contributed by atoms with Crippen molar-refractivity contribution < 1.29 is 14.0 Å². The van der Waals surface area contributed by atoms with E-state index in [9.17, 15) is 9.59 Å². The summed E-state index contributed by atoms with van der Waals surface area (Å²) in [5, 5.41) is 6.58. The fourth-order valence-electron chi connectivity index (χ4n) is 5.77. The van der Waals surface area contributed by atoms with Gasteiger partial charge in [-0.2, -0.15) is 0 Å². The number of thioether (sulfide) groups is 1. The van der Waals surface area contributed by atoms with E-state index < -0.39 is 0 Å². The zero-order valence-corrected chi connectivity index (χ0v) is 16.9. The van der Waals surface area contributed by atoms with E-state index in [0.717, 1.165) is 48.8 Å². The molecule has 8 heteroatoms. The minimum absolute atomic E-state index is 0.0643. The number of fused-ring (bicyclic) bond motifs is 1. The number of rotatable bonds is 4. The highest BCUT2D eigenvalue weighted by Crippen LogP contribution is 2.55. The standard InChI is InChI=1S/C20H22ClN3O3S/c21-14-1-2-16-15(6-14)22-19(27-16)28-10-17(25)23-18(26)24-20-7-11-3-12(8-20)5-13(4-11)9-20/h1-2,6,11-13H,3-5,7-10H2,(H2,23,24,25,26). The number of hydrogen-bond donors (Lipinski definition) is 2. The van der Waals surface area contributed by atoms with Crippen LogP contribution in [0.2, 0.25) is 5.02 Å². The first-order chi connectivity index (χ1) is 13.5. The smallest absolute Gasteiger partial charge is 0.321 e. The fourth-order valence-corrected chi connectivity index (χ4v) is 6.57. The van der Waals surface area contributed by atoms with Crippen LogP contribution in [0.5, 0.6) is 0 Å². The lowest BCUT2D eigenvalue weighted by Crippen LogP contribution is -2.61. The number of nitrogens with zero attached hydrogens (tertiary/aromatic N) is 1. The molecule has 4 fully saturated rings. The Morgan fingerprint density at radius 1 is 1.18 bits per heavy atom. The van der Waals surface area contributed by atoms with Gasteiger partial charge in [0.2, 0.25) is 5.91 Å². The lowest BCUT2D eigenvalue weighted by atomic mass is 9.53. The molecule has 1 heterocycles. The average molecular weight is 420 g/mol. The van der Waals surface area contributed by atoms with Gasteiger partial charge < -0.3 is 9.73 Å². The molecule has 3 amide bonds. The molecule has 0 atom stereocenters. The number of aromatic nitrogens is 1. The number of carbonyl (C=O) groups is 2. The Morgan fingerprint density at radius 2 is 1.86 bits per heavy atom. The van der Waals surface area contributed by atoms with Gasteiger partial charge in [0, 0.05) is 10.6 Å². The summed E-state index contributed by atoms with van der Waals surface area (Å²) in [7, 11) is 0. The van der Waals surface area contributed by atoms with Crippen LogP contribution in [0.3, 0.4) is 0 Å². The maximum atomic E-state index is 12.4. The van der Waals surface area contributed by atoms with Crippen molar-refractivity contribution in [1.82, 2.24) is 15.6 Å². The third kappa shape index (κ3) is 3.62. The third-order valence-corrected chi connectivity index (χ3v) is 7.39. The van der Waals surface area contributed by atoms with Crippen LogP contribution >= 0.6 is 23.4 Å². The molecule has 0 spiro atoms. The van der Waals surface area contributed by atoms with Gasteiger partial charge in [-0.1, -0.05) is 23.4 Å². The summed E-state index contributed by atoms with van der Waals surface area (Å²) < 4.78 is 5.58. The molecule has 1 aromatic heterocycles. The normalized spacial score (nSPS) is 30.5. The summed E-state index contributed by atoms with van der Waals surface area (Å²) >= 11 is 7.10. The second kappa shape index (κ2) is 6.95. The minimum Gasteiger partial charge on any atom is -0.431 e. The largest absolute Gasteiger partial charge is 0.431 e. The number of imide groups is 1. The molecule has 6 nitrogen and oxygen atoms in total. The lowest BCUT2D eigenvalue weighted by molar-refractivity contribution is -0.117. The predicted molar refractivity (Wildman–Crippen MR) is 107 cm³/mol. The summed E-state index contributed by atoms with van der Waals surface area (Å²) in [6.45, 7) is 0. The molecule has 2 aromatic rings. The molecule has 0 saturated heterocycles. The highest BCUT2D eigenvalue weighted by molar-refractivity contribution is 7.99. The monoisotopic (exact) mass is 419 g/mol. The number of urea groups is 1. The lowest BCUT2D eigenvalue weighted by Gasteiger charge is -2.56. The fraction of sp³-hybridized carbons (Fsp3) is 0.550. The van der Waals surface area contributed by atoms with E-state index in [1.807, 2.05) is 0 Å².